The van der Waals surface area contributed by atoms with Crippen LogP contribution >= 0.6 is 11.6 Å². The minimum absolute atomic E-state index is 0.0852. The average molecular weight is 365 g/mol. The maximum atomic E-state index is 13.9. The van der Waals surface area contributed by atoms with Crippen LogP contribution in [0, 0.1) is 5.82 Å². The third-order valence-electron chi connectivity index (χ3n) is 4.05. The molecule has 25 heavy (non-hydrogen) atoms. The molecule has 2 aromatic carbocycles. The number of fused-ring (bicyclic) bond motifs is 1. The fraction of sp³-hybridized carbons (Fsp3) is 0.278. The molecular weight excluding hydrogens is 347 g/mol. The molecule has 1 amide bonds. The number of ether oxygens (including phenoxy) is 2. The third kappa shape index (κ3) is 3.70. The van der Waals surface area contributed by atoms with Gasteiger partial charge in [-0.25, -0.2) is 4.39 Å². The number of carbonyl (C=O) groups is 1. The quantitative estimate of drug-likeness (QED) is 0.885. The van der Waals surface area contributed by atoms with Crippen molar-refractivity contribution in [3.63, 3.8) is 0 Å². The van der Waals surface area contributed by atoms with E-state index in [1.165, 1.54) is 18.2 Å². The lowest BCUT2D eigenvalue weighted by atomic mass is 10.0. The first-order valence-electron chi connectivity index (χ1n) is 7.75. The predicted molar refractivity (Wildman–Crippen MR) is 92.7 cm³/mol. The minimum atomic E-state index is -0.644. The fourth-order valence-corrected chi connectivity index (χ4v) is 2.96. The lowest BCUT2D eigenvalue weighted by Crippen LogP contribution is -2.35. The van der Waals surface area contributed by atoms with Crippen LogP contribution in [-0.2, 0) is 0 Å². The van der Waals surface area contributed by atoms with E-state index < -0.39 is 11.7 Å². The molecule has 1 aliphatic rings. The molecule has 2 aromatic rings. The number of amides is 1. The summed E-state index contributed by atoms with van der Waals surface area (Å²) in [5.41, 5.74) is 0.807. The number of carbonyl (C=O) groups excluding carboxylic acids is 1. The van der Waals surface area contributed by atoms with Crippen molar-refractivity contribution in [1.29, 1.82) is 0 Å². The molecule has 5 nitrogen and oxygen atoms in total. The first-order chi connectivity index (χ1) is 12.0. The highest BCUT2D eigenvalue weighted by atomic mass is 35.5. The molecule has 3 rings (SSSR count). The number of halogens is 2. The van der Waals surface area contributed by atoms with E-state index in [0.717, 1.165) is 5.56 Å². The Balaban J connectivity index is 1.76. The smallest absolute Gasteiger partial charge is 0.255 e. The Morgan fingerprint density at radius 3 is 2.76 bits per heavy atom. The number of nitrogens with one attached hydrogen (secondary N) is 1. The van der Waals surface area contributed by atoms with Gasteiger partial charge >= 0.3 is 0 Å². The second kappa shape index (κ2) is 7.29. The number of hydrogen-bond acceptors (Lipinski definition) is 4. The lowest BCUT2D eigenvalue weighted by Gasteiger charge is -2.25. The van der Waals surface area contributed by atoms with Gasteiger partial charge in [0.05, 0.1) is 16.6 Å². The van der Waals surface area contributed by atoms with Crippen LogP contribution in [0.2, 0.25) is 5.02 Å². The molecule has 0 aliphatic carbocycles. The maximum Gasteiger partial charge on any atom is 0.255 e. The van der Waals surface area contributed by atoms with Crippen LogP contribution < -0.4 is 14.8 Å². The standard InChI is InChI=1S/C18H18ClFN2O3/c1-22(2)14(11-6-7-15-16(8-11)25-10-24-15)9-21-18(23)17-12(19)4-3-5-13(17)20/h3-8,14H,9-10H2,1-2H3,(H,21,23)/t14-/m1/s1. The first kappa shape index (κ1) is 17.5. The topological polar surface area (TPSA) is 50.8 Å². The highest BCUT2D eigenvalue weighted by Gasteiger charge is 2.22. The van der Waals surface area contributed by atoms with E-state index in [2.05, 4.69) is 5.32 Å². The van der Waals surface area contributed by atoms with E-state index in [0.29, 0.717) is 11.5 Å². The molecule has 0 fully saturated rings. The van der Waals surface area contributed by atoms with Crippen LogP contribution in [0.3, 0.4) is 0 Å². The monoisotopic (exact) mass is 364 g/mol. The number of rotatable bonds is 5. The van der Waals surface area contributed by atoms with Crippen molar-refractivity contribution in [3.05, 3.63) is 58.4 Å². The van der Waals surface area contributed by atoms with Crippen LogP contribution in [-0.4, -0.2) is 38.2 Å². The molecular formula is C18H18ClFN2O3. The van der Waals surface area contributed by atoms with Crippen LogP contribution in [0.25, 0.3) is 0 Å². The molecule has 0 radical (unpaired) electrons. The van der Waals surface area contributed by atoms with Gasteiger partial charge in [-0.05, 0) is 43.9 Å². The Morgan fingerprint density at radius 1 is 1.28 bits per heavy atom. The molecule has 0 unspecified atom stereocenters. The molecule has 1 heterocycles. The van der Waals surface area contributed by atoms with Crippen molar-refractivity contribution in [2.45, 2.75) is 6.04 Å². The van der Waals surface area contributed by atoms with E-state index in [1.54, 1.807) is 0 Å². The number of benzene rings is 2. The van der Waals surface area contributed by atoms with Crippen LogP contribution in [0.5, 0.6) is 11.5 Å². The van der Waals surface area contributed by atoms with Crippen molar-refractivity contribution < 1.29 is 18.7 Å². The minimum Gasteiger partial charge on any atom is -0.454 e. The van der Waals surface area contributed by atoms with Crippen molar-refractivity contribution >= 4 is 17.5 Å². The summed E-state index contributed by atoms with van der Waals surface area (Å²) in [6, 6.07) is 9.68. The van der Waals surface area contributed by atoms with Gasteiger partial charge in [-0.3, -0.25) is 4.79 Å². The summed E-state index contributed by atoms with van der Waals surface area (Å²) in [5, 5.41) is 2.84. The molecule has 0 saturated carbocycles. The average Bonchev–Trinajstić information content (AvgIpc) is 3.02. The SMILES string of the molecule is CN(C)[C@H](CNC(=O)c1c(F)cccc1Cl)c1ccc2c(c1)OCO2. The van der Waals surface area contributed by atoms with Crippen LogP contribution in [0.1, 0.15) is 22.0 Å². The molecule has 1 aliphatic heterocycles. The first-order valence-corrected chi connectivity index (χ1v) is 8.13. The zero-order valence-electron chi connectivity index (χ0n) is 13.9. The van der Waals surface area contributed by atoms with Gasteiger partial charge in [0, 0.05) is 6.54 Å². The summed E-state index contributed by atoms with van der Waals surface area (Å²) in [6.45, 7) is 0.490. The number of hydrogen-bond donors (Lipinski definition) is 1. The van der Waals surface area contributed by atoms with Crippen molar-refractivity contribution in [2.75, 3.05) is 27.4 Å². The normalized spacial score (nSPS) is 13.8. The number of nitrogens with zero attached hydrogens (tertiary/aromatic N) is 1. The second-order valence-corrected chi connectivity index (χ2v) is 6.31. The van der Waals surface area contributed by atoms with E-state index >= 15 is 0 Å². The van der Waals surface area contributed by atoms with Crippen molar-refractivity contribution in [2.24, 2.45) is 0 Å². The zero-order valence-corrected chi connectivity index (χ0v) is 14.6. The lowest BCUT2D eigenvalue weighted by molar-refractivity contribution is 0.0938. The third-order valence-corrected chi connectivity index (χ3v) is 4.37. The summed E-state index contributed by atoms with van der Waals surface area (Å²) < 4.78 is 24.6. The molecule has 1 N–H and O–H groups in total. The Labute approximate surface area is 150 Å². The molecule has 7 heteroatoms. The van der Waals surface area contributed by atoms with Gasteiger partial charge in [-0.2, -0.15) is 0 Å². The Bertz CT molecular complexity index is 778. The van der Waals surface area contributed by atoms with Gasteiger partial charge in [0.25, 0.3) is 5.91 Å². The summed E-state index contributed by atoms with van der Waals surface area (Å²) in [4.78, 5) is 14.3. The molecule has 132 valence electrons. The molecule has 0 saturated heterocycles. The maximum absolute atomic E-state index is 13.9. The van der Waals surface area contributed by atoms with Gasteiger partial charge in [-0.1, -0.05) is 23.7 Å². The summed E-state index contributed by atoms with van der Waals surface area (Å²) in [6.07, 6.45) is 0. The van der Waals surface area contributed by atoms with E-state index in [1.807, 2.05) is 37.2 Å². The number of likely N-dealkylation sites (N-methyl/N-ethyl adjacent to an activating group) is 1. The van der Waals surface area contributed by atoms with Crippen molar-refractivity contribution in [3.8, 4) is 11.5 Å². The summed E-state index contributed by atoms with van der Waals surface area (Å²) in [5.74, 6) is 0.182. The molecule has 0 aromatic heterocycles. The Kier molecular flexibility index (Phi) is 5.11. The predicted octanol–water partition coefficient (Wildman–Crippen LogP) is 3.24. The Hall–Kier alpha value is -2.31. The Morgan fingerprint density at radius 2 is 2.04 bits per heavy atom. The largest absolute Gasteiger partial charge is 0.454 e. The molecule has 0 bridgehead atoms. The van der Waals surface area contributed by atoms with Crippen LogP contribution in [0.4, 0.5) is 4.39 Å². The van der Waals surface area contributed by atoms with Gasteiger partial charge in [0.2, 0.25) is 6.79 Å². The van der Waals surface area contributed by atoms with Gasteiger partial charge < -0.3 is 19.7 Å². The fourth-order valence-electron chi connectivity index (χ4n) is 2.71. The van der Waals surface area contributed by atoms with Crippen LogP contribution in [0.15, 0.2) is 36.4 Å². The van der Waals surface area contributed by atoms with E-state index in [4.69, 9.17) is 21.1 Å². The van der Waals surface area contributed by atoms with Gasteiger partial charge in [0.1, 0.15) is 5.82 Å². The van der Waals surface area contributed by atoms with Gasteiger partial charge in [-0.15, -0.1) is 0 Å². The second-order valence-electron chi connectivity index (χ2n) is 5.90. The van der Waals surface area contributed by atoms with Gasteiger partial charge in [0.15, 0.2) is 11.5 Å². The van der Waals surface area contributed by atoms with E-state index in [-0.39, 0.29) is 30.0 Å². The summed E-state index contributed by atoms with van der Waals surface area (Å²) in [7, 11) is 3.80. The molecule has 0 spiro atoms. The zero-order chi connectivity index (χ0) is 18.0. The van der Waals surface area contributed by atoms with Crippen molar-refractivity contribution in [1.82, 2.24) is 10.2 Å². The highest BCUT2D eigenvalue weighted by Crippen LogP contribution is 2.35. The summed E-state index contributed by atoms with van der Waals surface area (Å²) >= 11 is 5.94. The molecule has 1 atom stereocenters. The highest BCUT2D eigenvalue weighted by molar-refractivity contribution is 6.33. The van der Waals surface area contributed by atoms with E-state index in [9.17, 15) is 9.18 Å².